The van der Waals surface area contributed by atoms with Crippen molar-refractivity contribution in [2.75, 3.05) is 20.1 Å². The minimum Gasteiger partial charge on any atom is -0.361 e. The van der Waals surface area contributed by atoms with Gasteiger partial charge in [0.1, 0.15) is 0 Å². The molecule has 0 radical (unpaired) electrons. The second-order valence-corrected chi connectivity index (χ2v) is 8.11. The van der Waals surface area contributed by atoms with E-state index in [-0.39, 0.29) is 29.9 Å². The summed E-state index contributed by atoms with van der Waals surface area (Å²) >= 11 is 0. The Morgan fingerprint density at radius 3 is 2.50 bits per heavy atom. The maximum atomic E-state index is 12.5. The summed E-state index contributed by atoms with van der Waals surface area (Å²) in [4.78, 5) is 22.1. The zero-order chi connectivity index (χ0) is 21.6. The number of amides is 1. The average molecular weight is 545 g/mol. The molecule has 1 aliphatic heterocycles. The Morgan fingerprint density at radius 2 is 1.78 bits per heavy atom. The van der Waals surface area contributed by atoms with Gasteiger partial charge in [-0.1, -0.05) is 36.4 Å². The van der Waals surface area contributed by atoms with Gasteiger partial charge in [-0.3, -0.25) is 9.79 Å². The van der Waals surface area contributed by atoms with Gasteiger partial charge in [-0.15, -0.1) is 24.0 Å². The molecule has 1 aromatic heterocycles. The number of rotatable bonds is 7. The van der Waals surface area contributed by atoms with Crippen molar-refractivity contribution >= 4 is 46.7 Å². The lowest BCUT2D eigenvalue weighted by Crippen LogP contribution is -2.39. The third-order valence-corrected chi connectivity index (χ3v) is 5.96. The summed E-state index contributed by atoms with van der Waals surface area (Å²) in [5, 5.41) is 8.01. The van der Waals surface area contributed by atoms with Crippen LogP contribution in [0.5, 0.6) is 0 Å². The molecule has 0 aliphatic carbocycles. The normalized spacial score (nSPS) is 13.1. The van der Waals surface area contributed by atoms with E-state index in [4.69, 9.17) is 0 Å². The van der Waals surface area contributed by atoms with Gasteiger partial charge in [-0.25, -0.2) is 0 Å². The zero-order valence-electron chi connectivity index (χ0n) is 18.8. The molecule has 3 N–H and O–H groups in total. The highest BCUT2D eigenvalue weighted by molar-refractivity contribution is 14.0. The van der Waals surface area contributed by atoms with Gasteiger partial charge in [-0.2, -0.15) is 0 Å². The van der Waals surface area contributed by atoms with E-state index >= 15 is 0 Å². The first-order valence-electron chi connectivity index (χ1n) is 11.0. The van der Waals surface area contributed by atoms with Crippen LogP contribution in [0.1, 0.15) is 35.1 Å². The van der Waals surface area contributed by atoms with Crippen LogP contribution < -0.4 is 10.6 Å². The number of carbonyl (C=O) groups excluding carboxylic acids is 1. The number of fused-ring (bicyclic) bond motifs is 2. The standard InChI is InChI=1S/C25H31N5O.HI/c1-18-7-5-10-22-24(18)19(15-29-22)12-14-28-25(26-2)27-13-6-11-23(31)30-16-20-8-3-4-9-21(20)17-30;/h3-5,7-10,15,29H,6,11-14,16-17H2,1-2H3,(H2,26,27,28);1H. The summed E-state index contributed by atoms with van der Waals surface area (Å²) in [7, 11) is 1.78. The van der Waals surface area contributed by atoms with Crippen molar-refractivity contribution in [3.05, 3.63) is 70.9 Å². The number of H-pyrrole nitrogens is 1. The van der Waals surface area contributed by atoms with Crippen LogP contribution in [0.3, 0.4) is 0 Å². The highest BCUT2D eigenvalue weighted by Crippen LogP contribution is 2.23. The molecule has 0 atom stereocenters. The molecule has 0 unspecified atom stereocenters. The summed E-state index contributed by atoms with van der Waals surface area (Å²) in [5.41, 5.74) is 6.33. The van der Waals surface area contributed by atoms with E-state index in [0.717, 1.165) is 45.0 Å². The van der Waals surface area contributed by atoms with Crippen LogP contribution in [0.4, 0.5) is 0 Å². The minimum atomic E-state index is 0. The Kier molecular flexibility index (Phi) is 8.55. The molecule has 3 aromatic rings. The van der Waals surface area contributed by atoms with Crippen LogP contribution in [0, 0.1) is 6.92 Å². The molecule has 1 amide bonds. The van der Waals surface area contributed by atoms with E-state index in [2.05, 4.69) is 64.1 Å². The molecule has 6 nitrogen and oxygen atoms in total. The number of benzene rings is 2. The highest BCUT2D eigenvalue weighted by atomic mass is 127. The van der Waals surface area contributed by atoms with Crippen LogP contribution in [0.25, 0.3) is 10.9 Å². The first-order valence-corrected chi connectivity index (χ1v) is 11.0. The average Bonchev–Trinajstić information content (AvgIpc) is 3.40. The van der Waals surface area contributed by atoms with Gasteiger partial charge in [-0.05, 0) is 48.1 Å². The predicted molar refractivity (Wildman–Crippen MR) is 141 cm³/mol. The number of guanidine groups is 1. The van der Waals surface area contributed by atoms with E-state index < -0.39 is 0 Å². The maximum absolute atomic E-state index is 12.5. The van der Waals surface area contributed by atoms with Crippen molar-refractivity contribution in [1.82, 2.24) is 20.5 Å². The molecular weight excluding hydrogens is 513 g/mol. The zero-order valence-corrected chi connectivity index (χ0v) is 21.1. The van der Waals surface area contributed by atoms with Crippen molar-refractivity contribution in [2.45, 2.75) is 39.3 Å². The largest absolute Gasteiger partial charge is 0.361 e. The minimum absolute atomic E-state index is 0. The van der Waals surface area contributed by atoms with E-state index in [1.54, 1.807) is 7.05 Å². The number of hydrogen-bond donors (Lipinski definition) is 3. The van der Waals surface area contributed by atoms with Crippen LogP contribution in [0.15, 0.2) is 53.7 Å². The lowest BCUT2D eigenvalue weighted by Gasteiger charge is -2.16. The summed E-state index contributed by atoms with van der Waals surface area (Å²) in [6.07, 6.45) is 4.35. The Labute approximate surface area is 206 Å². The monoisotopic (exact) mass is 545 g/mol. The summed E-state index contributed by atoms with van der Waals surface area (Å²) in [6, 6.07) is 14.6. The van der Waals surface area contributed by atoms with E-state index in [1.807, 2.05) is 17.0 Å². The Morgan fingerprint density at radius 1 is 1.06 bits per heavy atom. The molecule has 1 aliphatic rings. The van der Waals surface area contributed by atoms with Crippen molar-refractivity contribution in [3.63, 3.8) is 0 Å². The van der Waals surface area contributed by atoms with Gasteiger partial charge in [0.05, 0.1) is 0 Å². The lowest BCUT2D eigenvalue weighted by atomic mass is 10.1. The number of aliphatic imine (C=N–C) groups is 1. The molecule has 0 fully saturated rings. The van der Waals surface area contributed by atoms with E-state index in [0.29, 0.717) is 6.42 Å². The first-order chi connectivity index (χ1) is 15.2. The van der Waals surface area contributed by atoms with Crippen molar-refractivity contribution < 1.29 is 4.79 Å². The molecule has 2 aromatic carbocycles. The van der Waals surface area contributed by atoms with Crippen LogP contribution in [0.2, 0.25) is 0 Å². The van der Waals surface area contributed by atoms with Gasteiger partial charge < -0.3 is 20.5 Å². The molecule has 2 heterocycles. The lowest BCUT2D eigenvalue weighted by molar-refractivity contribution is -0.131. The molecule has 0 saturated heterocycles. The number of carbonyl (C=O) groups is 1. The molecule has 7 heteroatoms. The van der Waals surface area contributed by atoms with Crippen LogP contribution >= 0.6 is 24.0 Å². The van der Waals surface area contributed by atoms with E-state index in [9.17, 15) is 4.79 Å². The van der Waals surface area contributed by atoms with Gasteiger partial charge >= 0.3 is 0 Å². The SMILES string of the molecule is CN=C(NCCCC(=O)N1Cc2ccccc2C1)NCCc1c[nH]c2cccc(C)c12.I. The summed E-state index contributed by atoms with van der Waals surface area (Å²) in [6.45, 7) is 5.14. The Hall–Kier alpha value is -2.55. The molecular formula is C25H32IN5O. The molecule has 4 rings (SSSR count). The Balaban J connectivity index is 0.00000289. The second-order valence-electron chi connectivity index (χ2n) is 8.11. The number of aromatic nitrogens is 1. The summed E-state index contributed by atoms with van der Waals surface area (Å²) < 4.78 is 0. The smallest absolute Gasteiger partial charge is 0.223 e. The van der Waals surface area contributed by atoms with Gasteiger partial charge in [0.15, 0.2) is 5.96 Å². The quantitative estimate of drug-likeness (QED) is 0.181. The van der Waals surface area contributed by atoms with E-state index in [1.165, 1.54) is 33.2 Å². The molecule has 0 saturated carbocycles. The first kappa shape index (κ1) is 24.1. The number of nitrogens with zero attached hydrogens (tertiary/aromatic N) is 2. The number of aryl methyl sites for hydroxylation is 1. The maximum Gasteiger partial charge on any atom is 0.223 e. The predicted octanol–water partition coefficient (Wildman–Crippen LogP) is 4.12. The van der Waals surface area contributed by atoms with Crippen LogP contribution in [-0.4, -0.2) is 41.9 Å². The fraction of sp³-hybridized carbons (Fsp3) is 0.360. The van der Waals surface area contributed by atoms with Crippen molar-refractivity contribution in [2.24, 2.45) is 4.99 Å². The van der Waals surface area contributed by atoms with Crippen LogP contribution in [-0.2, 0) is 24.3 Å². The third-order valence-electron chi connectivity index (χ3n) is 5.96. The number of aromatic amines is 1. The molecule has 170 valence electrons. The molecule has 32 heavy (non-hydrogen) atoms. The topological polar surface area (TPSA) is 72.5 Å². The number of hydrogen-bond acceptors (Lipinski definition) is 2. The second kappa shape index (κ2) is 11.4. The fourth-order valence-corrected chi connectivity index (χ4v) is 4.30. The van der Waals surface area contributed by atoms with Gasteiger partial charge in [0, 0.05) is 56.7 Å². The molecule has 0 spiro atoms. The van der Waals surface area contributed by atoms with Gasteiger partial charge in [0.25, 0.3) is 0 Å². The fourth-order valence-electron chi connectivity index (χ4n) is 4.30. The number of nitrogens with one attached hydrogen (secondary N) is 3. The summed E-state index contributed by atoms with van der Waals surface area (Å²) in [5.74, 6) is 0.994. The molecule has 0 bridgehead atoms. The van der Waals surface area contributed by atoms with Gasteiger partial charge in [0.2, 0.25) is 5.91 Å². The number of halogens is 1. The highest BCUT2D eigenvalue weighted by Gasteiger charge is 2.22. The van der Waals surface area contributed by atoms with Crippen molar-refractivity contribution in [1.29, 1.82) is 0 Å². The Bertz CT molecular complexity index is 1070. The third kappa shape index (κ3) is 5.62. The van der Waals surface area contributed by atoms with Crippen molar-refractivity contribution in [3.8, 4) is 0 Å².